The van der Waals surface area contributed by atoms with Crippen molar-refractivity contribution in [2.75, 3.05) is 13.7 Å². The maximum Gasteiger partial charge on any atom is 0.319 e. The number of esters is 1. The second kappa shape index (κ2) is 10.4. The van der Waals surface area contributed by atoms with Crippen LogP contribution in [0.2, 0.25) is 10.0 Å². The average Bonchev–Trinajstić information content (AvgIpc) is 2.76. The second-order valence-corrected chi connectivity index (χ2v) is 7.62. The van der Waals surface area contributed by atoms with Crippen LogP contribution in [0, 0.1) is 0 Å². The van der Waals surface area contributed by atoms with Crippen LogP contribution in [-0.4, -0.2) is 25.4 Å². The highest BCUT2D eigenvalue weighted by Crippen LogP contribution is 2.28. The first-order chi connectivity index (χ1) is 14.5. The van der Waals surface area contributed by atoms with Gasteiger partial charge in [-0.25, -0.2) is 0 Å². The summed E-state index contributed by atoms with van der Waals surface area (Å²) in [6.45, 7) is 0.0310. The van der Waals surface area contributed by atoms with Crippen LogP contribution in [0.1, 0.15) is 33.1 Å². The van der Waals surface area contributed by atoms with E-state index in [-0.39, 0.29) is 30.8 Å². The Morgan fingerprint density at radius 1 is 0.933 bits per heavy atom. The average molecular weight is 442 g/mol. The van der Waals surface area contributed by atoms with Crippen molar-refractivity contribution in [1.82, 2.24) is 5.32 Å². The normalized spacial score (nSPS) is 11.7. The number of ketones is 1. The first kappa shape index (κ1) is 22.0. The Kier molecular flexibility index (Phi) is 7.63. The summed E-state index contributed by atoms with van der Waals surface area (Å²) < 4.78 is 4.77. The number of halogens is 2. The lowest BCUT2D eigenvalue weighted by Crippen LogP contribution is -2.30. The molecule has 3 aromatic carbocycles. The van der Waals surface area contributed by atoms with Crippen LogP contribution in [0.15, 0.2) is 72.8 Å². The minimum atomic E-state index is -0.372. The van der Waals surface area contributed by atoms with Gasteiger partial charge in [0.15, 0.2) is 5.78 Å². The molecule has 0 fully saturated rings. The minimum Gasteiger partial charge on any atom is -0.468 e. The minimum absolute atomic E-state index is 0.0310. The summed E-state index contributed by atoms with van der Waals surface area (Å²) in [5.41, 5.74) is 3.19. The summed E-state index contributed by atoms with van der Waals surface area (Å²) in [7, 11) is 1.35. The Morgan fingerprint density at radius 3 is 2.27 bits per heavy atom. The van der Waals surface area contributed by atoms with Gasteiger partial charge in [0.1, 0.15) is 0 Å². The molecule has 0 aliphatic heterocycles. The molecule has 0 amide bonds. The van der Waals surface area contributed by atoms with Gasteiger partial charge in [0.2, 0.25) is 0 Å². The van der Waals surface area contributed by atoms with E-state index in [9.17, 15) is 9.59 Å². The van der Waals surface area contributed by atoms with Gasteiger partial charge in [-0.1, -0.05) is 59.6 Å². The van der Waals surface area contributed by atoms with Crippen molar-refractivity contribution in [3.05, 3.63) is 105 Å². The van der Waals surface area contributed by atoms with Crippen molar-refractivity contribution in [1.29, 1.82) is 0 Å². The molecule has 0 saturated heterocycles. The molecule has 154 valence electrons. The van der Waals surface area contributed by atoms with Gasteiger partial charge in [-0.05, 0) is 53.1 Å². The predicted molar refractivity (Wildman–Crippen MR) is 119 cm³/mol. The van der Waals surface area contributed by atoms with E-state index in [1.54, 1.807) is 36.4 Å². The number of carbonyl (C=O) groups is 2. The number of ether oxygens (including phenoxy) is 1. The van der Waals surface area contributed by atoms with E-state index in [0.29, 0.717) is 15.6 Å². The first-order valence-corrected chi connectivity index (χ1v) is 10.2. The Labute approximate surface area is 185 Å². The van der Waals surface area contributed by atoms with Gasteiger partial charge in [0.05, 0.1) is 19.7 Å². The highest BCUT2D eigenvalue weighted by atomic mass is 35.5. The van der Waals surface area contributed by atoms with Crippen LogP contribution < -0.4 is 5.32 Å². The molecule has 1 unspecified atom stereocenters. The largest absolute Gasteiger partial charge is 0.468 e. The van der Waals surface area contributed by atoms with Gasteiger partial charge >= 0.3 is 5.97 Å². The van der Waals surface area contributed by atoms with Crippen LogP contribution in [0.5, 0.6) is 0 Å². The molecule has 30 heavy (non-hydrogen) atoms. The van der Waals surface area contributed by atoms with Crippen LogP contribution in [0.4, 0.5) is 0 Å². The maximum absolute atomic E-state index is 12.9. The molecule has 0 aliphatic carbocycles. The Morgan fingerprint density at radius 2 is 1.60 bits per heavy atom. The van der Waals surface area contributed by atoms with E-state index in [1.807, 2.05) is 36.4 Å². The van der Waals surface area contributed by atoms with Gasteiger partial charge in [-0.3, -0.25) is 14.9 Å². The Bertz CT molecular complexity index is 1020. The fraction of sp³-hybridized carbons (Fsp3) is 0.167. The molecule has 6 heteroatoms. The second-order valence-electron chi connectivity index (χ2n) is 6.75. The van der Waals surface area contributed by atoms with E-state index in [4.69, 9.17) is 27.9 Å². The van der Waals surface area contributed by atoms with Crippen molar-refractivity contribution in [2.24, 2.45) is 0 Å². The SMILES string of the molecule is COC(=O)CNC(c1ccccc1)c1ccc(Cl)cc1CC(=O)c1ccc(Cl)cc1. The van der Waals surface area contributed by atoms with Crippen molar-refractivity contribution in [3.8, 4) is 0 Å². The number of benzene rings is 3. The molecule has 0 saturated carbocycles. The van der Waals surface area contributed by atoms with Crippen molar-refractivity contribution in [3.63, 3.8) is 0 Å². The number of hydrogen-bond acceptors (Lipinski definition) is 4. The molecule has 0 heterocycles. The van der Waals surface area contributed by atoms with E-state index < -0.39 is 0 Å². The van der Waals surface area contributed by atoms with Gasteiger partial charge < -0.3 is 4.74 Å². The Balaban J connectivity index is 1.96. The van der Waals surface area contributed by atoms with Crippen LogP contribution >= 0.6 is 23.2 Å². The maximum atomic E-state index is 12.9. The fourth-order valence-electron chi connectivity index (χ4n) is 3.23. The highest BCUT2D eigenvalue weighted by molar-refractivity contribution is 6.31. The van der Waals surface area contributed by atoms with Crippen molar-refractivity contribution in [2.45, 2.75) is 12.5 Å². The fourth-order valence-corrected chi connectivity index (χ4v) is 3.55. The van der Waals surface area contributed by atoms with Crippen molar-refractivity contribution >= 4 is 35.0 Å². The molecular weight excluding hydrogens is 421 g/mol. The third kappa shape index (κ3) is 5.70. The third-order valence-electron chi connectivity index (χ3n) is 4.74. The smallest absolute Gasteiger partial charge is 0.319 e. The molecule has 0 aromatic heterocycles. The van der Waals surface area contributed by atoms with Gasteiger partial charge in [-0.15, -0.1) is 0 Å². The Hall–Kier alpha value is -2.66. The summed E-state index contributed by atoms with van der Waals surface area (Å²) in [5, 5.41) is 4.35. The van der Waals surface area contributed by atoms with Gasteiger partial charge in [0, 0.05) is 22.0 Å². The van der Waals surface area contributed by atoms with E-state index >= 15 is 0 Å². The summed E-state index contributed by atoms with van der Waals surface area (Å²) in [5.74, 6) is -0.418. The van der Waals surface area contributed by atoms with Gasteiger partial charge in [-0.2, -0.15) is 0 Å². The molecule has 3 rings (SSSR count). The number of carbonyl (C=O) groups excluding carboxylic acids is 2. The lowest BCUT2D eigenvalue weighted by atomic mass is 9.91. The van der Waals surface area contributed by atoms with E-state index in [2.05, 4.69) is 5.32 Å². The van der Waals surface area contributed by atoms with Crippen LogP contribution in [0.3, 0.4) is 0 Å². The zero-order chi connectivity index (χ0) is 21.5. The first-order valence-electron chi connectivity index (χ1n) is 9.40. The number of rotatable bonds is 8. The third-order valence-corrected chi connectivity index (χ3v) is 5.23. The van der Waals surface area contributed by atoms with E-state index in [0.717, 1.165) is 16.7 Å². The highest BCUT2D eigenvalue weighted by Gasteiger charge is 2.20. The quantitative estimate of drug-likeness (QED) is 0.382. The zero-order valence-electron chi connectivity index (χ0n) is 16.4. The summed E-state index contributed by atoms with van der Waals surface area (Å²) in [4.78, 5) is 24.6. The molecule has 0 bridgehead atoms. The van der Waals surface area contributed by atoms with Gasteiger partial charge in [0.25, 0.3) is 0 Å². The summed E-state index contributed by atoms with van der Waals surface area (Å²) in [6, 6.07) is 21.7. The van der Waals surface area contributed by atoms with E-state index in [1.165, 1.54) is 7.11 Å². The molecule has 1 atom stereocenters. The lowest BCUT2D eigenvalue weighted by molar-refractivity contribution is -0.139. The summed E-state index contributed by atoms with van der Waals surface area (Å²) in [6.07, 6.45) is 0.167. The molecule has 0 aliphatic rings. The molecule has 3 aromatic rings. The molecule has 4 nitrogen and oxygen atoms in total. The monoisotopic (exact) mass is 441 g/mol. The van der Waals surface area contributed by atoms with Crippen molar-refractivity contribution < 1.29 is 14.3 Å². The zero-order valence-corrected chi connectivity index (χ0v) is 17.9. The number of nitrogens with one attached hydrogen (secondary N) is 1. The van der Waals surface area contributed by atoms with Crippen LogP contribution in [0.25, 0.3) is 0 Å². The predicted octanol–water partition coefficient (Wildman–Crippen LogP) is 5.27. The summed E-state index contributed by atoms with van der Waals surface area (Å²) >= 11 is 12.2. The molecule has 0 radical (unpaired) electrons. The standard InChI is InChI=1S/C24H21Cl2NO3/c1-30-23(29)15-27-24(17-5-3-2-4-6-17)21-12-11-20(26)13-18(21)14-22(28)16-7-9-19(25)10-8-16/h2-13,24,27H,14-15H2,1H3. The number of Topliss-reactive ketones (excluding diaryl/α,β-unsaturated/α-hetero) is 1. The molecule has 1 N–H and O–H groups in total. The number of hydrogen-bond donors (Lipinski definition) is 1. The topological polar surface area (TPSA) is 55.4 Å². The molecular formula is C24H21Cl2NO3. The lowest BCUT2D eigenvalue weighted by Gasteiger charge is -2.22. The number of methoxy groups -OCH3 is 1. The molecule has 0 spiro atoms. The van der Waals surface area contributed by atoms with Crippen LogP contribution in [-0.2, 0) is 16.0 Å².